The molecule has 138 valence electrons. The molecule has 0 aliphatic heterocycles. The van der Waals surface area contributed by atoms with E-state index in [2.05, 4.69) is 10.6 Å². The molecular formula is C20H25N3O3. The Morgan fingerprint density at radius 2 is 1.85 bits per heavy atom. The van der Waals surface area contributed by atoms with Gasteiger partial charge in [-0.25, -0.2) is 0 Å². The summed E-state index contributed by atoms with van der Waals surface area (Å²) in [4.78, 5) is 26.0. The minimum absolute atomic E-state index is 0.0947. The van der Waals surface area contributed by atoms with Crippen molar-refractivity contribution in [1.29, 1.82) is 0 Å². The van der Waals surface area contributed by atoms with Gasteiger partial charge < -0.3 is 15.4 Å². The third-order valence-corrected chi connectivity index (χ3v) is 4.25. The van der Waals surface area contributed by atoms with E-state index in [0.717, 1.165) is 5.56 Å². The summed E-state index contributed by atoms with van der Waals surface area (Å²) in [5.74, 6) is 0.485. The largest absolute Gasteiger partial charge is 0.497 e. The third kappa shape index (κ3) is 5.07. The van der Waals surface area contributed by atoms with Gasteiger partial charge in [-0.1, -0.05) is 18.2 Å². The second-order valence-electron chi connectivity index (χ2n) is 6.09. The highest BCUT2D eigenvalue weighted by Gasteiger charge is 2.18. The fourth-order valence-electron chi connectivity index (χ4n) is 2.48. The number of rotatable bonds is 7. The first-order chi connectivity index (χ1) is 12.4. The highest BCUT2D eigenvalue weighted by molar-refractivity contribution is 5.95. The smallest absolute Gasteiger partial charge is 0.251 e. The Labute approximate surface area is 154 Å². The van der Waals surface area contributed by atoms with Crippen LogP contribution in [0.2, 0.25) is 0 Å². The Morgan fingerprint density at radius 3 is 2.46 bits per heavy atom. The molecule has 0 aliphatic rings. The summed E-state index contributed by atoms with van der Waals surface area (Å²) in [5.41, 5.74) is 2.34. The number of ether oxygens (including phenoxy) is 1. The van der Waals surface area contributed by atoms with Crippen molar-refractivity contribution < 1.29 is 14.3 Å². The number of anilines is 1. The Balaban J connectivity index is 1.96. The number of carbonyl (C=O) groups excluding carboxylic acids is 2. The van der Waals surface area contributed by atoms with Crippen LogP contribution in [0, 0.1) is 0 Å². The number of likely N-dealkylation sites (N-methyl/N-ethyl adjacent to an activating group) is 1. The molecular weight excluding hydrogens is 330 g/mol. The zero-order valence-electron chi connectivity index (χ0n) is 15.6. The maximum Gasteiger partial charge on any atom is 0.251 e. The normalized spacial score (nSPS) is 11.7. The second-order valence-corrected chi connectivity index (χ2v) is 6.09. The molecule has 26 heavy (non-hydrogen) atoms. The fraction of sp³-hybridized carbons (Fsp3) is 0.300. The molecule has 2 N–H and O–H groups in total. The summed E-state index contributed by atoms with van der Waals surface area (Å²) in [6.07, 6.45) is 0. The van der Waals surface area contributed by atoms with Crippen molar-refractivity contribution in [3.8, 4) is 5.75 Å². The number of benzene rings is 2. The highest BCUT2D eigenvalue weighted by Crippen LogP contribution is 2.17. The van der Waals surface area contributed by atoms with Crippen molar-refractivity contribution in [1.82, 2.24) is 10.2 Å². The van der Waals surface area contributed by atoms with Gasteiger partial charge in [0, 0.05) is 30.9 Å². The predicted octanol–water partition coefficient (Wildman–Crippen LogP) is 2.51. The van der Waals surface area contributed by atoms with E-state index in [4.69, 9.17) is 4.74 Å². The number of nitrogens with zero attached hydrogens (tertiary/aromatic N) is 1. The van der Waals surface area contributed by atoms with Crippen LogP contribution in [0.3, 0.4) is 0 Å². The number of amides is 2. The van der Waals surface area contributed by atoms with Crippen LogP contribution >= 0.6 is 0 Å². The standard InChI is InChI=1S/C20H25N3O3/c1-14(19(24)22-17-6-5-7-18(12-17)26-4)23(3)13-15-8-10-16(11-9-15)20(25)21-2/h5-12,14H,13H2,1-4H3,(H,21,25)(H,22,24)/t14-/m1/s1. The van der Waals surface area contributed by atoms with Crippen molar-refractivity contribution in [2.75, 3.05) is 26.5 Å². The molecule has 0 saturated carbocycles. The van der Waals surface area contributed by atoms with E-state index >= 15 is 0 Å². The molecule has 6 heteroatoms. The summed E-state index contributed by atoms with van der Waals surface area (Å²) in [5, 5.41) is 5.50. The van der Waals surface area contributed by atoms with Crippen LogP contribution < -0.4 is 15.4 Å². The molecule has 0 bridgehead atoms. The molecule has 0 aromatic heterocycles. The number of hydrogen-bond donors (Lipinski definition) is 2. The van der Waals surface area contributed by atoms with Crippen molar-refractivity contribution in [3.63, 3.8) is 0 Å². The van der Waals surface area contributed by atoms with E-state index < -0.39 is 0 Å². The van der Waals surface area contributed by atoms with Gasteiger partial charge in [-0.2, -0.15) is 0 Å². The average Bonchev–Trinajstić information content (AvgIpc) is 2.67. The lowest BCUT2D eigenvalue weighted by atomic mass is 10.1. The summed E-state index contributed by atoms with van der Waals surface area (Å²) < 4.78 is 5.17. The summed E-state index contributed by atoms with van der Waals surface area (Å²) >= 11 is 0. The molecule has 0 heterocycles. The van der Waals surface area contributed by atoms with Crippen LogP contribution in [-0.2, 0) is 11.3 Å². The molecule has 0 radical (unpaired) electrons. The Morgan fingerprint density at radius 1 is 1.15 bits per heavy atom. The number of carbonyl (C=O) groups is 2. The van der Waals surface area contributed by atoms with Gasteiger partial charge in [0.1, 0.15) is 5.75 Å². The van der Waals surface area contributed by atoms with Gasteiger partial charge in [0.2, 0.25) is 5.91 Å². The predicted molar refractivity (Wildman–Crippen MR) is 102 cm³/mol. The maximum absolute atomic E-state index is 12.5. The number of hydrogen-bond acceptors (Lipinski definition) is 4. The quantitative estimate of drug-likeness (QED) is 0.801. The van der Waals surface area contributed by atoms with E-state index in [1.807, 2.05) is 49.2 Å². The lowest BCUT2D eigenvalue weighted by Crippen LogP contribution is -2.39. The second kappa shape index (κ2) is 9.01. The molecule has 0 saturated heterocycles. The van der Waals surface area contributed by atoms with E-state index in [1.165, 1.54) is 0 Å². The van der Waals surface area contributed by atoms with Gasteiger partial charge in [-0.05, 0) is 43.8 Å². The van der Waals surface area contributed by atoms with E-state index in [0.29, 0.717) is 23.5 Å². The Bertz CT molecular complexity index is 759. The van der Waals surface area contributed by atoms with Crippen molar-refractivity contribution in [3.05, 3.63) is 59.7 Å². The van der Waals surface area contributed by atoms with Crippen LogP contribution in [0.15, 0.2) is 48.5 Å². The van der Waals surface area contributed by atoms with Crippen molar-refractivity contribution in [2.45, 2.75) is 19.5 Å². The van der Waals surface area contributed by atoms with Gasteiger partial charge in [0.15, 0.2) is 0 Å². The topological polar surface area (TPSA) is 70.7 Å². The first-order valence-electron chi connectivity index (χ1n) is 8.40. The summed E-state index contributed by atoms with van der Waals surface area (Å²) in [7, 11) is 5.09. The fourth-order valence-corrected chi connectivity index (χ4v) is 2.48. The van der Waals surface area contributed by atoms with E-state index in [-0.39, 0.29) is 17.9 Å². The molecule has 0 fully saturated rings. The Kier molecular flexibility index (Phi) is 6.74. The number of methoxy groups -OCH3 is 1. The SMILES string of the molecule is CNC(=O)c1ccc(CN(C)[C@H](C)C(=O)Nc2cccc(OC)c2)cc1. The molecule has 2 amide bonds. The monoisotopic (exact) mass is 355 g/mol. The van der Waals surface area contributed by atoms with Crippen LogP contribution in [0.5, 0.6) is 5.75 Å². The zero-order chi connectivity index (χ0) is 19.1. The molecule has 6 nitrogen and oxygen atoms in total. The van der Waals surface area contributed by atoms with Crippen LogP contribution in [0.4, 0.5) is 5.69 Å². The van der Waals surface area contributed by atoms with E-state index in [9.17, 15) is 9.59 Å². The molecule has 0 unspecified atom stereocenters. The van der Waals surface area contributed by atoms with Crippen LogP contribution in [-0.4, -0.2) is 44.0 Å². The minimum Gasteiger partial charge on any atom is -0.497 e. The van der Waals surface area contributed by atoms with Crippen LogP contribution in [0.1, 0.15) is 22.8 Å². The summed E-state index contributed by atoms with van der Waals surface area (Å²) in [6.45, 7) is 2.45. The first-order valence-corrected chi connectivity index (χ1v) is 8.40. The average molecular weight is 355 g/mol. The maximum atomic E-state index is 12.5. The van der Waals surface area contributed by atoms with Gasteiger partial charge in [0.25, 0.3) is 5.91 Å². The van der Waals surface area contributed by atoms with Crippen molar-refractivity contribution in [2.24, 2.45) is 0 Å². The molecule has 2 aromatic carbocycles. The van der Waals surface area contributed by atoms with Gasteiger partial charge in [-0.15, -0.1) is 0 Å². The zero-order valence-corrected chi connectivity index (χ0v) is 15.6. The van der Waals surface area contributed by atoms with Crippen LogP contribution in [0.25, 0.3) is 0 Å². The first kappa shape index (κ1) is 19.5. The molecule has 0 spiro atoms. The van der Waals surface area contributed by atoms with Crippen molar-refractivity contribution >= 4 is 17.5 Å². The van der Waals surface area contributed by atoms with Gasteiger partial charge in [0.05, 0.1) is 13.2 Å². The Hall–Kier alpha value is -2.86. The van der Waals surface area contributed by atoms with Gasteiger partial charge in [-0.3, -0.25) is 14.5 Å². The minimum atomic E-state index is -0.320. The highest BCUT2D eigenvalue weighted by atomic mass is 16.5. The number of nitrogens with one attached hydrogen (secondary N) is 2. The molecule has 2 rings (SSSR count). The lowest BCUT2D eigenvalue weighted by Gasteiger charge is -2.24. The molecule has 2 aromatic rings. The van der Waals surface area contributed by atoms with E-state index in [1.54, 1.807) is 32.4 Å². The molecule has 1 atom stereocenters. The summed E-state index contributed by atoms with van der Waals surface area (Å²) in [6, 6.07) is 14.3. The molecule has 0 aliphatic carbocycles. The van der Waals surface area contributed by atoms with Gasteiger partial charge >= 0.3 is 0 Å². The third-order valence-electron chi connectivity index (χ3n) is 4.25. The lowest BCUT2D eigenvalue weighted by molar-refractivity contribution is -0.120.